The molecule has 0 fully saturated rings. The van der Waals surface area contributed by atoms with Gasteiger partial charge in [-0.3, -0.25) is 0 Å². The van der Waals surface area contributed by atoms with Crippen molar-refractivity contribution in [3.8, 4) is 17.3 Å². The van der Waals surface area contributed by atoms with Crippen LogP contribution in [0, 0.1) is 0 Å². The highest BCUT2D eigenvalue weighted by molar-refractivity contribution is 7.10. The Labute approximate surface area is 158 Å². The molecule has 0 radical (unpaired) electrons. The summed E-state index contributed by atoms with van der Waals surface area (Å²) in [6, 6.07) is 15.7. The van der Waals surface area contributed by atoms with Crippen molar-refractivity contribution >= 4 is 22.9 Å². The van der Waals surface area contributed by atoms with E-state index in [1.54, 1.807) is 11.3 Å². The van der Waals surface area contributed by atoms with Gasteiger partial charge in [0, 0.05) is 22.4 Å². The lowest BCUT2D eigenvalue weighted by Crippen LogP contribution is -1.99. The van der Waals surface area contributed by atoms with Gasteiger partial charge in [0.15, 0.2) is 5.82 Å². The fourth-order valence-electron chi connectivity index (χ4n) is 2.49. The van der Waals surface area contributed by atoms with Gasteiger partial charge in [0.05, 0.1) is 5.01 Å². The van der Waals surface area contributed by atoms with Crippen LogP contribution in [0.2, 0.25) is 5.02 Å². The van der Waals surface area contributed by atoms with E-state index in [0.717, 1.165) is 27.6 Å². The van der Waals surface area contributed by atoms with Gasteiger partial charge in [-0.15, -0.1) is 16.4 Å². The van der Waals surface area contributed by atoms with E-state index in [1.165, 1.54) is 0 Å². The van der Waals surface area contributed by atoms with Crippen LogP contribution in [0.15, 0.2) is 53.9 Å². The first kappa shape index (κ1) is 16.7. The summed E-state index contributed by atoms with van der Waals surface area (Å²) in [4.78, 5) is 4.58. The Balaban J connectivity index is 1.53. The molecule has 6 nitrogen and oxygen atoms in total. The fraction of sp³-hybridized carbons (Fsp3) is 0.111. The smallest absolute Gasteiger partial charge is 0.198 e. The van der Waals surface area contributed by atoms with Gasteiger partial charge in [0.2, 0.25) is 0 Å². The maximum absolute atomic E-state index is 6.18. The number of hydrogen-bond donors (Lipinski definition) is 1. The van der Waals surface area contributed by atoms with E-state index >= 15 is 0 Å². The Kier molecular flexibility index (Phi) is 4.90. The fourth-order valence-corrected chi connectivity index (χ4v) is 3.49. The van der Waals surface area contributed by atoms with Gasteiger partial charge >= 0.3 is 0 Å². The maximum Gasteiger partial charge on any atom is 0.198 e. The van der Waals surface area contributed by atoms with Gasteiger partial charge in [-0.05, 0) is 34.2 Å². The first-order valence-corrected chi connectivity index (χ1v) is 9.17. The monoisotopic (exact) mass is 383 g/mol. The molecule has 0 aliphatic rings. The largest absolute Gasteiger partial charge is 0.489 e. The van der Waals surface area contributed by atoms with Crippen molar-refractivity contribution in [1.29, 1.82) is 0 Å². The summed E-state index contributed by atoms with van der Waals surface area (Å²) in [5.74, 6) is 1.36. The van der Waals surface area contributed by atoms with Crippen LogP contribution in [-0.4, -0.2) is 25.6 Å². The first-order chi connectivity index (χ1) is 12.8. The van der Waals surface area contributed by atoms with Gasteiger partial charge in [-0.2, -0.15) is 0 Å². The Morgan fingerprint density at radius 3 is 2.81 bits per heavy atom. The number of aromatic nitrogens is 5. The minimum atomic E-state index is 0.502. The van der Waals surface area contributed by atoms with Gasteiger partial charge in [-0.25, -0.2) is 10.1 Å². The molecule has 8 heteroatoms. The Morgan fingerprint density at radius 1 is 1.12 bits per heavy atom. The summed E-state index contributed by atoms with van der Waals surface area (Å²) in [7, 11) is 0. The molecule has 130 valence electrons. The summed E-state index contributed by atoms with van der Waals surface area (Å²) in [6.07, 6.45) is 0.622. The van der Waals surface area contributed by atoms with Gasteiger partial charge in [-0.1, -0.05) is 41.9 Å². The quantitative estimate of drug-likeness (QED) is 0.541. The van der Waals surface area contributed by atoms with E-state index < -0.39 is 0 Å². The Bertz CT molecular complexity index is 988. The molecule has 2 aromatic carbocycles. The zero-order valence-corrected chi connectivity index (χ0v) is 15.2. The number of halogens is 1. The number of nitrogens with zero attached hydrogens (tertiary/aromatic N) is 4. The molecule has 2 heterocycles. The average molecular weight is 384 g/mol. The molecule has 0 aliphatic heterocycles. The van der Waals surface area contributed by atoms with E-state index in [4.69, 9.17) is 16.3 Å². The molecule has 0 bridgehead atoms. The number of tetrazole rings is 1. The van der Waals surface area contributed by atoms with Crippen molar-refractivity contribution in [2.45, 2.75) is 13.0 Å². The molecular weight excluding hydrogens is 370 g/mol. The second-order valence-electron chi connectivity index (χ2n) is 5.58. The normalized spacial score (nSPS) is 10.8. The van der Waals surface area contributed by atoms with Crippen LogP contribution >= 0.6 is 22.9 Å². The molecule has 26 heavy (non-hydrogen) atoms. The van der Waals surface area contributed by atoms with Crippen LogP contribution in [-0.2, 0) is 13.0 Å². The maximum atomic E-state index is 6.18. The highest BCUT2D eigenvalue weighted by atomic mass is 35.5. The number of thiazole rings is 1. The zero-order valence-electron chi connectivity index (χ0n) is 13.6. The number of rotatable bonds is 6. The zero-order chi connectivity index (χ0) is 17.8. The van der Waals surface area contributed by atoms with Crippen LogP contribution in [0.3, 0.4) is 0 Å². The van der Waals surface area contributed by atoms with Crippen molar-refractivity contribution in [3.63, 3.8) is 0 Å². The van der Waals surface area contributed by atoms with E-state index in [2.05, 4.69) is 25.6 Å². The molecule has 0 saturated carbocycles. The SMILES string of the molecule is Clc1ccc(OCc2ccccc2)c(Cc2nc(-c3nnn[nH]3)cs2)c1. The number of benzene rings is 2. The number of H-pyrrole nitrogens is 1. The molecule has 0 saturated heterocycles. The highest BCUT2D eigenvalue weighted by Gasteiger charge is 2.12. The summed E-state index contributed by atoms with van der Waals surface area (Å²) in [6.45, 7) is 0.502. The second-order valence-corrected chi connectivity index (χ2v) is 6.96. The second kappa shape index (κ2) is 7.63. The minimum Gasteiger partial charge on any atom is -0.489 e. The molecular formula is C18H14ClN5OS. The van der Waals surface area contributed by atoms with Crippen LogP contribution in [0.25, 0.3) is 11.5 Å². The molecule has 0 unspecified atom stereocenters. The van der Waals surface area contributed by atoms with E-state index in [1.807, 2.05) is 53.9 Å². The highest BCUT2D eigenvalue weighted by Crippen LogP contribution is 2.28. The van der Waals surface area contributed by atoms with E-state index in [-0.39, 0.29) is 0 Å². The summed E-state index contributed by atoms with van der Waals surface area (Å²) in [5, 5.41) is 17.3. The molecule has 4 rings (SSSR count). The average Bonchev–Trinajstić information content (AvgIpc) is 3.33. The van der Waals surface area contributed by atoms with Crippen molar-refractivity contribution in [2.75, 3.05) is 0 Å². The minimum absolute atomic E-state index is 0.502. The van der Waals surface area contributed by atoms with Crippen molar-refractivity contribution < 1.29 is 4.74 Å². The summed E-state index contributed by atoms with van der Waals surface area (Å²) in [5.41, 5.74) is 2.83. The Hall–Kier alpha value is -2.77. The molecule has 0 atom stereocenters. The van der Waals surface area contributed by atoms with Crippen molar-refractivity contribution in [2.24, 2.45) is 0 Å². The predicted molar refractivity (Wildman–Crippen MR) is 100 cm³/mol. The lowest BCUT2D eigenvalue weighted by Gasteiger charge is -2.11. The topological polar surface area (TPSA) is 76.6 Å². The predicted octanol–water partition coefficient (Wildman–Crippen LogP) is 4.15. The molecule has 4 aromatic rings. The van der Waals surface area contributed by atoms with Crippen molar-refractivity contribution in [1.82, 2.24) is 25.6 Å². The van der Waals surface area contributed by atoms with Crippen molar-refractivity contribution in [3.05, 3.63) is 75.1 Å². The van der Waals surface area contributed by atoms with Gasteiger partial charge < -0.3 is 4.74 Å². The van der Waals surface area contributed by atoms with Crippen LogP contribution < -0.4 is 4.74 Å². The van der Waals surface area contributed by atoms with E-state index in [0.29, 0.717) is 23.9 Å². The third-order valence-electron chi connectivity index (χ3n) is 3.74. The van der Waals surface area contributed by atoms with Crippen LogP contribution in [0.4, 0.5) is 0 Å². The molecule has 0 amide bonds. The first-order valence-electron chi connectivity index (χ1n) is 7.91. The third-order valence-corrected chi connectivity index (χ3v) is 4.82. The summed E-state index contributed by atoms with van der Waals surface area (Å²) < 4.78 is 6.01. The Morgan fingerprint density at radius 2 is 2.00 bits per heavy atom. The third kappa shape index (κ3) is 3.89. The lowest BCUT2D eigenvalue weighted by molar-refractivity contribution is 0.303. The van der Waals surface area contributed by atoms with Crippen LogP contribution in [0.5, 0.6) is 5.75 Å². The number of ether oxygens (including phenoxy) is 1. The summed E-state index contributed by atoms with van der Waals surface area (Å²) >= 11 is 7.73. The standard InChI is InChI=1S/C18H14ClN5OS/c19-14-6-7-16(25-10-12-4-2-1-3-5-12)13(8-14)9-17-20-15(11-26-17)18-21-23-24-22-18/h1-8,11H,9-10H2,(H,21,22,23,24). The lowest BCUT2D eigenvalue weighted by atomic mass is 10.1. The molecule has 0 aliphatic carbocycles. The molecule has 2 aromatic heterocycles. The number of hydrogen-bond acceptors (Lipinski definition) is 6. The number of aromatic amines is 1. The number of nitrogens with one attached hydrogen (secondary N) is 1. The van der Waals surface area contributed by atoms with E-state index in [9.17, 15) is 0 Å². The molecule has 0 spiro atoms. The van der Waals surface area contributed by atoms with Gasteiger partial charge in [0.25, 0.3) is 0 Å². The molecule has 1 N–H and O–H groups in total. The van der Waals surface area contributed by atoms with Gasteiger partial charge in [0.1, 0.15) is 18.1 Å². The van der Waals surface area contributed by atoms with Crippen LogP contribution in [0.1, 0.15) is 16.1 Å².